The molecule has 1 aromatic rings. The van der Waals surface area contributed by atoms with E-state index in [-0.39, 0.29) is 18.0 Å². The molecule has 4 heteroatoms. The van der Waals surface area contributed by atoms with E-state index in [1.807, 2.05) is 17.9 Å². The van der Waals surface area contributed by atoms with Crippen LogP contribution in [0, 0.1) is 18.8 Å². The molecule has 1 aromatic carbocycles. The average Bonchev–Trinajstić information content (AvgIpc) is 2.85. The van der Waals surface area contributed by atoms with Crippen LogP contribution in [-0.4, -0.2) is 30.5 Å². The average molecular weight is 260 g/mol. The van der Waals surface area contributed by atoms with Gasteiger partial charge in [-0.1, -0.05) is 12.1 Å². The molecule has 0 radical (unpaired) electrons. The fourth-order valence-electron chi connectivity index (χ4n) is 3.48. The minimum atomic E-state index is 0.137. The van der Waals surface area contributed by atoms with Crippen molar-refractivity contribution in [2.75, 3.05) is 13.7 Å². The van der Waals surface area contributed by atoms with Crippen LogP contribution in [-0.2, 0) is 4.79 Å². The van der Waals surface area contributed by atoms with Crippen molar-refractivity contribution in [2.24, 2.45) is 17.6 Å². The Hall–Kier alpha value is -1.55. The molecule has 3 rings (SSSR count). The summed E-state index contributed by atoms with van der Waals surface area (Å²) >= 11 is 0. The van der Waals surface area contributed by atoms with Crippen LogP contribution in [0.4, 0.5) is 0 Å². The number of ether oxygens (including phenoxy) is 1. The highest BCUT2D eigenvalue weighted by Gasteiger charge is 2.60. The van der Waals surface area contributed by atoms with Crippen molar-refractivity contribution >= 4 is 5.91 Å². The Morgan fingerprint density at radius 2 is 2.21 bits per heavy atom. The number of hydrogen-bond donors (Lipinski definition) is 1. The zero-order valence-electron chi connectivity index (χ0n) is 11.6. The molecule has 102 valence electrons. The summed E-state index contributed by atoms with van der Waals surface area (Å²) in [5.41, 5.74) is 8.37. The molecule has 1 saturated carbocycles. The van der Waals surface area contributed by atoms with Gasteiger partial charge in [-0.05, 0) is 30.0 Å². The second-order valence-corrected chi connectivity index (χ2v) is 5.66. The number of nitrogens with zero attached hydrogens (tertiary/aromatic N) is 1. The number of nitrogens with two attached hydrogens (primary N) is 1. The van der Waals surface area contributed by atoms with Gasteiger partial charge in [0.15, 0.2) is 0 Å². The first-order chi connectivity index (χ1) is 9.04. The van der Waals surface area contributed by atoms with E-state index in [1.54, 1.807) is 14.0 Å². The van der Waals surface area contributed by atoms with E-state index in [4.69, 9.17) is 10.5 Å². The Bertz CT molecular complexity index is 529. The number of piperidine rings is 1. The highest BCUT2D eigenvalue weighted by Crippen LogP contribution is 2.55. The smallest absolute Gasteiger partial charge is 0.219 e. The second kappa shape index (κ2) is 4.23. The maximum Gasteiger partial charge on any atom is 0.219 e. The van der Waals surface area contributed by atoms with Crippen LogP contribution in [0.25, 0.3) is 0 Å². The normalized spacial score (nSPS) is 32.1. The van der Waals surface area contributed by atoms with E-state index < -0.39 is 0 Å². The summed E-state index contributed by atoms with van der Waals surface area (Å²) in [6.45, 7) is 4.47. The van der Waals surface area contributed by atoms with Gasteiger partial charge in [0.1, 0.15) is 5.75 Å². The van der Waals surface area contributed by atoms with E-state index >= 15 is 0 Å². The van der Waals surface area contributed by atoms with Gasteiger partial charge in [0, 0.05) is 25.4 Å². The number of benzene rings is 1. The molecule has 0 bridgehead atoms. The van der Waals surface area contributed by atoms with Gasteiger partial charge in [-0.3, -0.25) is 4.79 Å². The summed E-state index contributed by atoms with van der Waals surface area (Å²) in [6, 6.07) is 6.54. The Morgan fingerprint density at radius 3 is 2.79 bits per heavy atom. The van der Waals surface area contributed by atoms with Crippen LogP contribution >= 0.6 is 0 Å². The summed E-state index contributed by atoms with van der Waals surface area (Å²) in [4.78, 5) is 13.7. The van der Waals surface area contributed by atoms with Crippen LogP contribution in [0.5, 0.6) is 5.75 Å². The van der Waals surface area contributed by atoms with E-state index in [9.17, 15) is 4.79 Å². The van der Waals surface area contributed by atoms with Crippen molar-refractivity contribution in [1.82, 2.24) is 4.90 Å². The van der Waals surface area contributed by atoms with Gasteiger partial charge in [-0.2, -0.15) is 0 Å². The SMILES string of the molecule is COc1ccc(C2C3C(N)C3CN2C(C)=O)cc1C. The molecule has 19 heavy (non-hydrogen) atoms. The minimum Gasteiger partial charge on any atom is -0.496 e. The van der Waals surface area contributed by atoms with Crippen LogP contribution in [0.15, 0.2) is 18.2 Å². The van der Waals surface area contributed by atoms with Crippen molar-refractivity contribution in [3.63, 3.8) is 0 Å². The first kappa shape index (κ1) is 12.5. The number of amides is 1. The lowest BCUT2D eigenvalue weighted by atomic mass is 9.99. The number of rotatable bonds is 2. The van der Waals surface area contributed by atoms with Gasteiger partial charge < -0.3 is 15.4 Å². The van der Waals surface area contributed by atoms with Gasteiger partial charge >= 0.3 is 0 Å². The third kappa shape index (κ3) is 1.82. The molecule has 1 saturated heterocycles. The summed E-state index contributed by atoms with van der Waals surface area (Å²) in [5, 5.41) is 0. The Labute approximate surface area is 113 Å². The number of aryl methyl sites for hydroxylation is 1. The molecule has 0 spiro atoms. The zero-order valence-corrected chi connectivity index (χ0v) is 11.6. The second-order valence-electron chi connectivity index (χ2n) is 5.66. The third-order valence-corrected chi connectivity index (χ3v) is 4.57. The lowest BCUT2D eigenvalue weighted by Gasteiger charge is -2.28. The molecule has 4 nitrogen and oxygen atoms in total. The molecule has 2 fully saturated rings. The quantitative estimate of drug-likeness (QED) is 0.876. The maximum atomic E-state index is 11.8. The van der Waals surface area contributed by atoms with Gasteiger partial charge in [-0.25, -0.2) is 0 Å². The molecule has 1 heterocycles. The summed E-state index contributed by atoms with van der Waals surface area (Å²) in [7, 11) is 1.67. The molecule has 1 aliphatic carbocycles. The predicted octanol–water partition coefficient (Wildman–Crippen LogP) is 1.48. The van der Waals surface area contributed by atoms with Crippen molar-refractivity contribution in [3.05, 3.63) is 29.3 Å². The number of carbonyl (C=O) groups is 1. The molecule has 1 aliphatic heterocycles. The maximum absolute atomic E-state index is 11.8. The molecule has 1 amide bonds. The van der Waals surface area contributed by atoms with Crippen molar-refractivity contribution in [2.45, 2.75) is 25.9 Å². The predicted molar refractivity (Wildman–Crippen MR) is 72.8 cm³/mol. The first-order valence-corrected chi connectivity index (χ1v) is 6.72. The van der Waals surface area contributed by atoms with Crippen molar-refractivity contribution in [3.8, 4) is 5.75 Å². The Morgan fingerprint density at radius 1 is 1.47 bits per heavy atom. The van der Waals surface area contributed by atoms with E-state index in [2.05, 4.69) is 12.1 Å². The topological polar surface area (TPSA) is 55.6 Å². The highest BCUT2D eigenvalue weighted by molar-refractivity contribution is 5.75. The molecule has 0 aromatic heterocycles. The number of carbonyl (C=O) groups excluding carboxylic acids is 1. The minimum absolute atomic E-state index is 0.137. The van der Waals surface area contributed by atoms with Gasteiger partial charge in [-0.15, -0.1) is 0 Å². The molecule has 2 N–H and O–H groups in total. The largest absolute Gasteiger partial charge is 0.496 e. The number of methoxy groups -OCH3 is 1. The van der Waals surface area contributed by atoms with E-state index in [0.717, 1.165) is 17.9 Å². The highest BCUT2D eigenvalue weighted by atomic mass is 16.5. The fourth-order valence-corrected chi connectivity index (χ4v) is 3.48. The van der Waals surface area contributed by atoms with Gasteiger partial charge in [0.2, 0.25) is 5.91 Å². The first-order valence-electron chi connectivity index (χ1n) is 6.72. The molecular weight excluding hydrogens is 240 g/mol. The number of hydrogen-bond acceptors (Lipinski definition) is 3. The zero-order chi connectivity index (χ0) is 13.7. The summed E-state index contributed by atoms with van der Waals surface area (Å²) in [6.07, 6.45) is 0. The van der Waals surface area contributed by atoms with Crippen LogP contribution in [0.2, 0.25) is 0 Å². The third-order valence-electron chi connectivity index (χ3n) is 4.57. The Balaban J connectivity index is 1.95. The monoisotopic (exact) mass is 260 g/mol. The standard InChI is InChI=1S/C15H20N2O2/c1-8-6-10(4-5-12(8)19-3)15-13-11(14(13)16)7-17(15)9(2)18/h4-6,11,13-15H,7,16H2,1-3H3. The van der Waals surface area contributed by atoms with Gasteiger partial charge in [0.25, 0.3) is 0 Å². The summed E-state index contributed by atoms with van der Waals surface area (Å²) in [5.74, 6) is 1.93. The lowest BCUT2D eigenvalue weighted by molar-refractivity contribution is -0.130. The lowest BCUT2D eigenvalue weighted by Crippen LogP contribution is -2.35. The summed E-state index contributed by atoms with van der Waals surface area (Å²) < 4.78 is 5.29. The van der Waals surface area contributed by atoms with Crippen LogP contribution in [0.1, 0.15) is 24.1 Å². The van der Waals surface area contributed by atoms with Crippen LogP contribution < -0.4 is 10.5 Å². The molecular formula is C15H20N2O2. The van der Waals surface area contributed by atoms with Crippen molar-refractivity contribution in [1.29, 1.82) is 0 Å². The van der Waals surface area contributed by atoms with Crippen LogP contribution in [0.3, 0.4) is 0 Å². The Kier molecular flexibility index (Phi) is 2.78. The molecule has 4 unspecified atom stereocenters. The number of fused-ring (bicyclic) bond motifs is 1. The van der Waals surface area contributed by atoms with Gasteiger partial charge in [0.05, 0.1) is 13.2 Å². The molecule has 4 atom stereocenters. The fraction of sp³-hybridized carbons (Fsp3) is 0.533. The van der Waals surface area contributed by atoms with E-state index in [0.29, 0.717) is 11.8 Å². The van der Waals surface area contributed by atoms with Crippen molar-refractivity contribution < 1.29 is 9.53 Å². The number of likely N-dealkylation sites (tertiary alicyclic amines) is 1. The van der Waals surface area contributed by atoms with E-state index in [1.165, 1.54) is 5.56 Å². The molecule has 2 aliphatic rings.